The Kier molecular flexibility index (Phi) is 8.82. The van der Waals surface area contributed by atoms with E-state index in [0.29, 0.717) is 33.8 Å². The summed E-state index contributed by atoms with van der Waals surface area (Å²) in [4.78, 5) is 39.7. The smallest absolute Gasteiger partial charge is 0.414 e. The summed E-state index contributed by atoms with van der Waals surface area (Å²) in [5.41, 5.74) is 1.70. The Hall–Kier alpha value is -3.38. The van der Waals surface area contributed by atoms with Crippen molar-refractivity contribution < 1.29 is 28.5 Å². The van der Waals surface area contributed by atoms with Gasteiger partial charge in [0.2, 0.25) is 0 Å². The number of hydrogen-bond donors (Lipinski definition) is 1. The van der Waals surface area contributed by atoms with Gasteiger partial charge in [-0.25, -0.2) is 4.79 Å². The summed E-state index contributed by atoms with van der Waals surface area (Å²) >= 11 is 7.06. The van der Waals surface area contributed by atoms with E-state index in [-0.39, 0.29) is 37.1 Å². The third-order valence-corrected chi connectivity index (χ3v) is 6.78. The van der Waals surface area contributed by atoms with Gasteiger partial charge in [0.05, 0.1) is 41.2 Å². The Morgan fingerprint density at radius 3 is 2.78 bits per heavy atom. The number of carbonyl (C=O) groups excluding carboxylic acids is 2. The van der Waals surface area contributed by atoms with Crippen LogP contribution in [0.25, 0.3) is 5.69 Å². The molecule has 0 spiro atoms. The number of nitrogens with zero attached hydrogens (tertiary/aromatic N) is 2. The average Bonchev–Trinajstić information content (AvgIpc) is 3.49. The second-order valence-electron chi connectivity index (χ2n) is 8.11. The number of aryl methyl sites for hydroxylation is 1. The van der Waals surface area contributed by atoms with Gasteiger partial charge in [0.1, 0.15) is 6.10 Å². The normalized spacial score (nSPS) is 15.1. The first-order chi connectivity index (χ1) is 17.9. The van der Waals surface area contributed by atoms with Crippen molar-refractivity contribution in [2.75, 3.05) is 45.1 Å². The van der Waals surface area contributed by atoms with Crippen LogP contribution in [0.1, 0.15) is 15.2 Å². The first-order valence-electron chi connectivity index (χ1n) is 11.4. The highest BCUT2D eigenvalue weighted by atomic mass is 35.5. The maximum absolute atomic E-state index is 12.9. The fourth-order valence-electron chi connectivity index (χ4n) is 3.73. The van der Waals surface area contributed by atoms with Gasteiger partial charge in [-0.1, -0.05) is 11.6 Å². The molecule has 1 N–H and O–H groups in total. The summed E-state index contributed by atoms with van der Waals surface area (Å²) < 4.78 is 23.1. The Labute approximate surface area is 222 Å². The summed E-state index contributed by atoms with van der Waals surface area (Å²) in [6, 6.07) is 11.9. The fourth-order valence-corrected chi connectivity index (χ4v) is 4.69. The number of cyclic esters (lactones) is 1. The molecule has 0 aliphatic carbocycles. The van der Waals surface area contributed by atoms with Crippen LogP contribution in [-0.2, 0) is 14.2 Å². The Balaban J connectivity index is 1.40. The standard InChI is InChI=1S/C25H26ClN3O7S/c1-16-12-17(29-14-18(36-25(29)32)13-27-23(30)21-7-8-22(26)37-21)5-6-19(16)28-9-3-4-20(24(28)31)35-15-34-11-10-33-2/h3-9,12,18H,10-11,13-15H2,1-2H3,(H,27,30). The third-order valence-electron chi connectivity index (χ3n) is 5.55. The van der Waals surface area contributed by atoms with Gasteiger partial charge >= 0.3 is 6.09 Å². The van der Waals surface area contributed by atoms with E-state index in [1.165, 1.54) is 20.8 Å². The number of benzene rings is 1. The van der Waals surface area contributed by atoms with Gasteiger partial charge in [-0.15, -0.1) is 11.3 Å². The van der Waals surface area contributed by atoms with Gasteiger partial charge in [-0.3, -0.25) is 19.1 Å². The molecule has 12 heteroatoms. The largest absolute Gasteiger partial charge is 0.462 e. The molecule has 196 valence electrons. The van der Waals surface area contributed by atoms with E-state index in [9.17, 15) is 14.4 Å². The van der Waals surface area contributed by atoms with E-state index in [2.05, 4.69) is 5.32 Å². The van der Waals surface area contributed by atoms with E-state index in [0.717, 1.165) is 5.56 Å². The predicted octanol–water partition coefficient (Wildman–Crippen LogP) is 3.62. The molecule has 2 amide bonds. The minimum absolute atomic E-state index is 0.0691. The molecule has 1 aromatic carbocycles. The number of ether oxygens (including phenoxy) is 4. The molecule has 1 unspecified atom stereocenters. The Morgan fingerprint density at radius 2 is 2.05 bits per heavy atom. The van der Waals surface area contributed by atoms with Crippen LogP contribution in [0.4, 0.5) is 10.5 Å². The van der Waals surface area contributed by atoms with Crippen molar-refractivity contribution >= 4 is 40.6 Å². The second-order valence-corrected chi connectivity index (χ2v) is 9.83. The molecule has 1 aliphatic heterocycles. The molecule has 3 aromatic rings. The summed E-state index contributed by atoms with van der Waals surface area (Å²) in [7, 11) is 1.57. The van der Waals surface area contributed by atoms with E-state index >= 15 is 0 Å². The van der Waals surface area contributed by atoms with Gasteiger partial charge in [-0.2, -0.15) is 0 Å². The van der Waals surface area contributed by atoms with E-state index in [1.54, 1.807) is 55.8 Å². The number of carbonyl (C=O) groups is 2. The average molecular weight is 548 g/mol. The quantitative estimate of drug-likeness (QED) is 0.288. The number of thiophene rings is 1. The lowest BCUT2D eigenvalue weighted by Crippen LogP contribution is -2.34. The molecule has 4 rings (SSSR count). The zero-order chi connectivity index (χ0) is 26.4. The molecule has 1 aliphatic rings. The SMILES string of the molecule is COCCOCOc1cccn(-c2ccc(N3CC(CNC(=O)c4ccc(Cl)s4)OC3=O)cc2C)c1=O. The zero-order valence-electron chi connectivity index (χ0n) is 20.3. The number of aromatic nitrogens is 1. The van der Waals surface area contributed by atoms with Crippen LogP contribution in [0, 0.1) is 6.92 Å². The van der Waals surface area contributed by atoms with Gasteiger partial charge < -0.3 is 24.3 Å². The minimum Gasteiger partial charge on any atom is -0.462 e. The highest BCUT2D eigenvalue weighted by molar-refractivity contribution is 7.18. The molecule has 10 nitrogen and oxygen atoms in total. The highest BCUT2D eigenvalue weighted by Gasteiger charge is 2.33. The van der Waals surface area contributed by atoms with Crippen LogP contribution in [0.3, 0.4) is 0 Å². The van der Waals surface area contributed by atoms with Crippen molar-refractivity contribution in [1.29, 1.82) is 0 Å². The van der Waals surface area contributed by atoms with Crippen molar-refractivity contribution in [3.63, 3.8) is 0 Å². The lowest BCUT2D eigenvalue weighted by molar-refractivity contribution is -0.00921. The van der Waals surface area contributed by atoms with E-state index in [1.807, 2.05) is 6.92 Å². The molecule has 0 radical (unpaired) electrons. The van der Waals surface area contributed by atoms with Crippen molar-refractivity contribution in [1.82, 2.24) is 9.88 Å². The molecule has 2 aromatic heterocycles. The summed E-state index contributed by atoms with van der Waals surface area (Å²) in [6.45, 7) is 3.00. The molecule has 0 bridgehead atoms. The Morgan fingerprint density at radius 1 is 1.22 bits per heavy atom. The molecule has 37 heavy (non-hydrogen) atoms. The molecular formula is C25H26ClN3O7S. The van der Waals surface area contributed by atoms with Crippen molar-refractivity contribution in [3.8, 4) is 11.4 Å². The number of pyridine rings is 1. The van der Waals surface area contributed by atoms with Crippen molar-refractivity contribution in [2.45, 2.75) is 13.0 Å². The highest BCUT2D eigenvalue weighted by Crippen LogP contribution is 2.26. The lowest BCUT2D eigenvalue weighted by Gasteiger charge is -2.17. The molecule has 1 fully saturated rings. The van der Waals surface area contributed by atoms with Gasteiger partial charge in [0.15, 0.2) is 12.5 Å². The first-order valence-corrected chi connectivity index (χ1v) is 12.6. The minimum atomic E-state index is -0.508. The molecule has 0 saturated carbocycles. The van der Waals surface area contributed by atoms with Crippen LogP contribution in [0.15, 0.2) is 53.5 Å². The molecule has 3 heterocycles. The van der Waals surface area contributed by atoms with Crippen LogP contribution >= 0.6 is 22.9 Å². The monoisotopic (exact) mass is 547 g/mol. The van der Waals surface area contributed by atoms with Crippen LogP contribution < -0.4 is 20.5 Å². The molecule has 1 atom stereocenters. The Bertz CT molecular complexity index is 1330. The van der Waals surface area contributed by atoms with Crippen molar-refractivity contribution in [2.24, 2.45) is 0 Å². The number of amides is 2. The van der Waals surface area contributed by atoms with Gasteiger partial charge in [0, 0.05) is 19.0 Å². The number of nitrogens with one attached hydrogen (secondary N) is 1. The van der Waals surface area contributed by atoms with E-state index < -0.39 is 12.2 Å². The number of halogens is 1. The summed E-state index contributed by atoms with van der Waals surface area (Å²) in [5.74, 6) is -0.119. The van der Waals surface area contributed by atoms with Crippen molar-refractivity contribution in [3.05, 3.63) is 73.8 Å². The fraction of sp³-hybridized carbons (Fsp3) is 0.320. The topological polar surface area (TPSA) is 108 Å². The summed E-state index contributed by atoms with van der Waals surface area (Å²) in [6.07, 6.45) is 0.632. The van der Waals surface area contributed by atoms with Gasteiger partial charge in [-0.05, 0) is 55.0 Å². The third kappa shape index (κ3) is 6.50. The van der Waals surface area contributed by atoms with Gasteiger partial charge in [0.25, 0.3) is 11.5 Å². The van der Waals surface area contributed by atoms with Crippen LogP contribution in [0.2, 0.25) is 4.34 Å². The predicted molar refractivity (Wildman–Crippen MR) is 139 cm³/mol. The molecule has 1 saturated heterocycles. The number of anilines is 1. The van der Waals surface area contributed by atoms with Crippen LogP contribution in [0.5, 0.6) is 5.75 Å². The number of hydrogen-bond acceptors (Lipinski definition) is 8. The zero-order valence-corrected chi connectivity index (χ0v) is 21.8. The number of rotatable bonds is 11. The van der Waals surface area contributed by atoms with E-state index in [4.69, 9.17) is 30.5 Å². The maximum atomic E-state index is 12.9. The van der Waals surface area contributed by atoms with Crippen LogP contribution in [-0.4, -0.2) is 62.9 Å². The summed E-state index contributed by atoms with van der Waals surface area (Å²) in [5, 5.41) is 2.77. The second kappa shape index (κ2) is 12.2. The lowest BCUT2D eigenvalue weighted by atomic mass is 10.1. The first kappa shape index (κ1) is 26.7. The maximum Gasteiger partial charge on any atom is 0.414 e. The number of methoxy groups -OCH3 is 1. The molecular weight excluding hydrogens is 522 g/mol.